The quantitative estimate of drug-likeness (QED) is 0.555. The highest BCUT2D eigenvalue weighted by molar-refractivity contribution is 8.27. The average molecular weight is 174 g/mol. The highest BCUT2D eigenvalue weighted by atomic mass is 32.9. The van der Waals surface area contributed by atoms with Crippen molar-refractivity contribution in [2.75, 3.05) is 0 Å². The van der Waals surface area contributed by atoms with E-state index in [1.807, 2.05) is 0 Å². The molecule has 8 heavy (non-hydrogen) atoms. The number of rotatable bonds is 1. The molecule has 0 spiro atoms. The molecule has 0 fully saturated rings. The van der Waals surface area contributed by atoms with Crippen molar-refractivity contribution in [2.24, 2.45) is 0 Å². The third-order valence-electron chi connectivity index (χ3n) is 0.177. The predicted octanol–water partition coefficient (Wildman–Crippen LogP) is 0.187. The molecular weight excluding hydrogens is 172 g/mol. The van der Waals surface area contributed by atoms with Crippen LogP contribution in [0, 0.1) is 0 Å². The van der Waals surface area contributed by atoms with Gasteiger partial charge in [0.05, 0.1) is 11.2 Å². The maximum absolute atomic E-state index is 9.88. The van der Waals surface area contributed by atoms with E-state index in [2.05, 4.69) is 28.0 Å². The summed E-state index contributed by atoms with van der Waals surface area (Å²) in [6.07, 6.45) is 0. The summed E-state index contributed by atoms with van der Waals surface area (Å²) in [5, 5.41) is -1.16. The Kier molecular flexibility index (Phi) is 2.67. The van der Waals surface area contributed by atoms with Crippen molar-refractivity contribution < 1.29 is 17.7 Å². The monoisotopic (exact) mass is 174 g/mol. The van der Waals surface area contributed by atoms with Gasteiger partial charge in [0.25, 0.3) is 0 Å². The van der Waals surface area contributed by atoms with Gasteiger partial charge >= 0.3 is 14.4 Å². The van der Waals surface area contributed by atoms with E-state index in [4.69, 9.17) is 4.55 Å². The zero-order valence-electron chi connectivity index (χ0n) is 3.44. The molecule has 48 valence electrons. The SMILES string of the molecule is O=C(S)OS(=O)(O)=S. The summed E-state index contributed by atoms with van der Waals surface area (Å²) in [5.74, 6) is 0. The van der Waals surface area contributed by atoms with Crippen molar-refractivity contribution in [1.82, 2.24) is 0 Å². The van der Waals surface area contributed by atoms with Gasteiger partial charge in [0.1, 0.15) is 0 Å². The van der Waals surface area contributed by atoms with Crippen molar-refractivity contribution in [3.05, 3.63) is 0 Å². The number of carbonyl (C=O) groups is 1. The Morgan fingerprint density at radius 2 is 2.25 bits per heavy atom. The van der Waals surface area contributed by atoms with E-state index >= 15 is 0 Å². The fourth-order valence-corrected chi connectivity index (χ4v) is 0.910. The normalized spacial score (nSPS) is 16.8. The van der Waals surface area contributed by atoms with Gasteiger partial charge in [0.2, 0.25) is 0 Å². The van der Waals surface area contributed by atoms with E-state index < -0.39 is 14.4 Å². The Hall–Kier alpha value is 0.150. The van der Waals surface area contributed by atoms with Gasteiger partial charge in [-0.25, -0.2) is 4.79 Å². The van der Waals surface area contributed by atoms with Gasteiger partial charge in [-0.15, -0.1) is 0 Å². The molecule has 1 atom stereocenters. The molecule has 0 rings (SSSR count). The summed E-state index contributed by atoms with van der Waals surface area (Å²) in [6, 6.07) is 0. The molecule has 0 bridgehead atoms. The molecule has 0 aromatic carbocycles. The number of hydrogen-bond acceptors (Lipinski definition) is 4. The molecule has 0 amide bonds. The number of hydrogen-bond donors (Lipinski definition) is 2. The molecule has 0 saturated heterocycles. The van der Waals surface area contributed by atoms with Crippen LogP contribution in [0.5, 0.6) is 0 Å². The van der Waals surface area contributed by atoms with Crippen LogP contribution in [0.4, 0.5) is 4.79 Å². The Balaban J connectivity index is 3.95. The van der Waals surface area contributed by atoms with E-state index in [0.29, 0.717) is 0 Å². The Morgan fingerprint density at radius 1 is 1.88 bits per heavy atom. The van der Waals surface area contributed by atoms with Gasteiger partial charge in [-0.05, 0) is 0 Å². The fraction of sp³-hybridized carbons (Fsp3) is 0. The minimum Gasteiger partial charge on any atom is -0.336 e. The molecule has 0 aromatic heterocycles. The van der Waals surface area contributed by atoms with E-state index in [-0.39, 0.29) is 0 Å². The third kappa shape index (κ3) is 6.15. The van der Waals surface area contributed by atoms with Crippen molar-refractivity contribution >= 4 is 38.2 Å². The van der Waals surface area contributed by atoms with Crippen LogP contribution in [0.25, 0.3) is 0 Å². The van der Waals surface area contributed by atoms with Crippen LogP contribution in [0.1, 0.15) is 0 Å². The average Bonchev–Trinajstić information content (AvgIpc) is 1.21. The van der Waals surface area contributed by atoms with Crippen molar-refractivity contribution in [1.29, 1.82) is 0 Å². The first-order valence-corrected chi connectivity index (χ1v) is 4.13. The summed E-state index contributed by atoms with van der Waals surface area (Å²) in [4.78, 5) is 9.70. The molecule has 0 saturated carbocycles. The van der Waals surface area contributed by atoms with Gasteiger partial charge in [0, 0.05) is 0 Å². The molecule has 0 aliphatic heterocycles. The van der Waals surface area contributed by atoms with Crippen LogP contribution in [0.3, 0.4) is 0 Å². The largest absolute Gasteiger partial charge is 0.379 e. The zero-order chi connectivity index (χ0) is 6.78. The Labute approximate surface area is 56.3 Å². The predicted molar refractivity (Wildman–Crippen MR) is 33.6 cm³/mol. The van der Waals surface area contributed by atoms with Gasteiger partial charge in [-0.3, -0.25) is 4.55 Å². The molecule has 0 aliphatic carbocycles. The molecule has 4 nitrogen and oxygen atoms in total. The van der Waals surface area contributed by atoms with Gasteiger partial charge in [0.15, 0.2) is 0 Å². The molecule has 0 aliphatic rings. The minimum absolute atomic E-state index is 1.16. The first-order valence-electron chi connectivity index (χ1n) is 1.31. The summed E-state index contributed by atoms with van der Waals surface area (Å²) in [7, 11) is -3.82. The van der Waals surface area contributed by atoms with E-state index in [9.17, 15) is 9.00 Å². The molecule has 0 heterocycles. The van der Waals surface area contributed by atoms with Crippen LogP contribution in [0.2, 0.25) is 0 Å². The molecule has 1 N–H and O–H groups in total. The van der Waals surface area contributed by atoms with Crippen LogP contribution in [0.15, 0.2) is 0 Å². The molecular formula is CH2O4S3. The van der Waals surface area contributed by atoms with Gasteiger partial charge < -0.3 is 4.18 Å². The lowest BCUT2D eigenvalue weighted by Gasteiger charge is -1.93. The molecule has 0 radical (unpaired) electrons. The van der Waals surface area contributed by atoms with Gasteiger partial charge in [-0.1, -0.05) is 12.6 Å². The van der Waals surface area contributed by atoms with E-state index in [0.717, 1.165) is 0 Å². The maximum Gasteiger partial charge on any atom is 0.379 e. The first-order chi connectivity index (χ1) is 3.42. The Bertz CT molecular complexity index is 177. The lowest BCUT2D eigenvalue weighted by molar-refractivity contribution is 0.227. The molecule has 1 unspecified atom stereocenters. The fourth-order valence-electron chi connectivity index (χ4n) is 0.0901. The lowest BCUT2D eigenvalue weighted by Crippen LogP contribution is -2.02. The number of carbonyl (C=O) groups excluding carboxylic acids is 1. The zero-order valence-corrected chi connectivity index (χ0v) is 5.96. The summed E-state index contributed by atoms with van der Waals surface area (Å²) >= 11 is 6.78. The van der Waals surface area contributed by atoms with Crippen LogP contribution in [-0.2, 0) is 24.4 Å². The first kappa shape index (κ1) is 8.15. The second-order valence-corrected chi connectivity index (χ2v) is 3.43. The van der Waals surface area contributed by atoms with Gasteiger partial charge in [-0.2, -0.15) is 4.21 Å². The second-order valence-electron chi connectivity index (χ2n) is 0.777. The summed E-state index contributed by atoms with van der Waals surface area (Å²) in [5.41, 5.74) is 0. The Morgan fingerprint density at radius 3 is 2.25 bits per heavy atom. The smallest absolute Gasteiger partial charge is 0.336 e. The lowest BCUT2D eigenvalue weighted by atomic mass is 11.6. The molecule has 7 heteroatoms. The highest BCUT2D eigenvalue weighted by Crippen LogP contribution is 1.92. The highest BCUT2D eigenvalue weighted by Gasteiger charge is 2.02. The topological polar surface area (TPSA) is 63.6 Å². The van der Waals surface area contributed by atoms with Crippen LogP contribution < -0.4 is 0 Å². The minimum atomic E-state index is -3.82. The molecule has 0 aromatic rings. The third-order valence-corrected chi connectivity index (χ3v) is 0.958. The standard InChI is InChI=1S/CH2O4S3/c2-1(6)5-8(3,4)7/h(H,2,6)(H,3,4,7). The van der Waals surface area contributed by atoms with E-state index in [1.54, 1.807) is 0 Å². The second kappa shape index (κ2) is 2.62. The number of thiol groups is 1. The van der Waals surface area contributed by atoms with Crippen molar-refractivity contribution in [2.45, 2.75) is 0 Å². The summed E-state index contributed by atoms with van der Waals surface area (Å²) in [6.45, 7) is 0. The van der Waals surface area contributed by atoms with Crippen molar-refractivity contribution in [3.8, 4) is 0 Å². The summed E-state index contributed by atoms with van der Waals surface area (Å²) < 4.78 is 21.5. The van der Waals surface area contributed by atoms with Crippen LogP contribution in [-0.4, -0.2) is 14.1 Å². The van der Waals surface area contributed by atoms with Crippen molar-refractivity contribution in [3.63, 3.8) is 0 Å². The maximum atomic E-state index is 9.88. The van der Waals surface area contributed by atoms with Crippen LogP contribution >= 0.6 is 12.6 Å². The van der Waals surface area contributed by atoms with E-state index in [1.165, 1.54) is 0 Å².